The maximum Gasteiger partial charge on any atom is 0.263 e. The number of halogens is 1. The number of thioether (sulfide) groups is 1. The van der Waals surface area contributed by atoms with Crippen LogP contribution in [0.3, 0.4) is 0 Å². The average molecular weight is 332 g/mol. The molecule has 0 aliphatic carbocycles. The number of amides is 1. The lowest BCUT2D eigenvalue weighted by Crippen LogP contribution is -2.47. The second-order valence-corrected chi connectivity index (χ2v) is 6.67. The number of carbonyl (C=O) groups excluding carboxylic acids is 1. The molecule has 118 valence electrons. The summed E-state index contributed by atoms with van der Waals surface area (Å²) < 4.78 is 5.70. The number of aliphatic hydroxyl groups excluding tert-OH is 1. The monoisotopic (exact) mass is 331 g/mol. The van der Waals surface area contributed by atoms with E-state index in [9.17, 15) is 4.79 Å². The van der Waals surface area contributed by atoms with Gasteiger partial charge in [-0.05, 0) is 50.3 Å². The van der Waals surface area contributed by atoms with Gasteiger partial charge in [0.25, 0.3) is 5.91 Å². The largest absolute Gasteiger partial charge is 0.478 e. The van der Waals surface area contributed by atoms with E-state index >= 15 is 0 Å². The zero-order valence-electron chi connectivity index (χ0n) is 12.4. The highest BCUT2D eigenvalue weighted by atomic mass is 35.5. The van der Waals surface area contributed by atoms with Crippen LogP contribution in [0.25, 0.3) is 0 Å². The molecule has 4 nitrogen and oxygen atoms in total. The van der Waals surface area contributed by atoms with E-state index in [0.29, 0.717) is 17.3 Å². The van der Waals surface area contributed by atoms with Crippen LogP contribution in [0.4, 0.5) is 0 Å². The fourth-order valence-electron chi connectivity index (χ4n) is 1.56. The maximum absolute atomic E-state index is 12.1. The van der Waals surface area contributed by atoms with E-state index in [-0.39, 0.29) is 12.5 Å². The Bertz CT molecular complexity index is 437. The van der Waals surface area contributed by atoms with Crippen molar-refractivity contribution in [2.75, 3.05) is 24.7 Å². The molecular formula is C15H22ClNO3S. The van der Waals surface area contributed by atoms with Gasteiger partial charge in [-0.1, -0.05) is 11.6 Å². The van der Waals surface area contributed by atoms with E-state index in [2.05, 4.69) is 5.32 Å². The van der Waals surface area contributed by atoms with Crippen molar-refractivity contribution in [3.63, 3.8) is 0 Å². The molecule has 0 bridgehead atoms. The average Bonchev–Trinajstić information content (AvgIpc) is 2.44. The van der Waals surface area contributed by atoms with Crippen molar-refractivity contribution in [3.05, 3.63) is 29.3 Å². The number of rotatable bonds is 9. The predicted octanol–water partition coefficient (Wildman–Crippen LogP) is 2.73. The quantitative estimate of drug-likeness (QED) is 0.683. The Balaban J connectivity index is 2.35. The molecule has 6 heteroatoms. The number of benzene rings is 1. The van der Waals surface area contributed by atoms with Gasteiger partial charge in [0.05, 0.1) is 0 Å². The fraction of sp³-hybridized carbons (Fsp3) is 0.533. The van der Waals surface area contributed by atoms with Gasteiger partial charge >= 0.3 is 0 Å². The van der Waals surface area contributed by atoms with Crippen molar-refractivity contribution in [1.82, 2.24) is 5.32 Å². The third kappa shape index (κ3) is 7.07. The Kier molecular flexibility index (Phi) is 7.93. The highest BCUT2D eigenvalue weighted by molar-refractivity contribution is 7.99. The number of nitrogens with one attached hydrogen (secondary N) is 1. The molecule has 0 unspecified atom stereocenters. The lowest BCUT2D eigenvalue weighted by molar-refractivity contribution is -0.134. The second-order valence-electron chi connectivity index (χ2n) is 5.01. The SMILES string of the molecule is CC(C)(Oc1ccc(Cl)cc1)C(=O)NCCSCCCO. The van der Waals surface area contributed by atoms with Crippen LogP contribution in [0, 0.1) is 0 Å². The Labute approximate surface area is 135 Å². The third-order valence-electron chi connectivity index (χ3n) is 2.71. The van der Waals surface area contributed by atoms with Crippen LogP contribution in [0.15, 0.2) is 24.3 Å². The van der Waals surface area contributed by atoms with E-state index in [1.54, 1.807) is 49.9 Å². The summed E-state index contributed by atoms with van der Waals surface area (Å²) in [6.45, 7) is 4.26. The van der Waals surface area contributed by atoms with Crippen LogP contribution in [0.5, 0.6) is 5.75 Å². The summed E-state index contributed by atoms with van der Waals surface area (Å²) in [6.07, 6.45) is 0.782. The molecule has 0 heterocycles. The minimum Gasteiger partial charge on any atom is -0.478 e. The van der Waals surface area contributed by atoms with E-state index in [1.807, 2.05) is 0 Å². The first-order valence-corrected chi connectivity index (χ1v) is 8.40. The van der Waals surface area contributed by atoms with Crippen LogP contribution in [0.1, 0.15) is 20.3 Å². The summed E-state index contributed by atoms with van der Waals surface area (Å²) in [5.41, 5.74) is -0.941. The van der Waals surface area contributed by atoms with Crippen LogP contribution >= 0.6 is 23.4 Å². The van der Waals surface area contributed by atoms with Crippen LogP contribution < -0.4 is 10.1 Å². The van der Waals surface area contributed by atoms with Crippen molar-refractivity contribution >= 4 is 29.3 Å². The molecule has 1 aromatic rings. The van der Waals surface area contributed by atoms with Gasteiger partial charge < -0.3 is 15.2 Å². The van der Waals surface area contributed by atoms with Crippen molar-refractivity contribution in [3.8, 4) is 5.75 Å². The smallest absolute Gasteiger partial charge is 0.263 e. The van der Waals surface area contributed by atoms with Gasteiger partial charge in [0.15, 0.2) is 5.60 Å². The van der Waals surface area contributed by atoms with E-state index in [0.717, 1.165) is 17.9 Å². The summed E-state index contributed by atoms with van der Waals surface area (Å²) >= 11 is 7.52. The number of ether oxygens (including phenoxy) is 1. The van der Waals surface area contributed by atoms with E-state index in [1.165, 1.54) is 0 Å². The van der Waals surface area contributed by atoms with Gasteiger partial charge in [-0.2, -0.15) is 11.8 Å². The Morgan fingerprint density at radius 1 is 1.33 bits per heavy atom. The Morgan fingerprint density at radius 2 is 2.00 bits per heavy atom. The van der Waals surface area contributed by atoms with Crippen molar-refractivity contribution in [2.45, 2.75) is 25.9 Å². The molecule has 0 spiro atoms. The summed E-state index contributed by atoms with van der Waals surface area (Å²) in [5, 5.41) is 12.2. The molecule has 0 radical (unpaired) electrons. The molecule has 0 aliphatic rings. The highest BCUT2D eigenvalue weighted by Gasteiger charge is 2.29. The highest BCUT2D eigenvalue weighted by Crippen LogP contribution is 2.21. The van der Waals surface area contributed by atoms with Crippen LogP contribution in [-0.4, -0.2) is 41.3 Å². The standard InChI is InChI=1S/C15H22ClNO3S/c1-15(2,20-13-6-4-12(16)5-7-13)14(19)17-8-11-21-10-3-9-18/h4-7,18H,3,8-11H2,1-2H3,(H,17,19). The molecule has 1 aromatic carbocycles. The molecule has 1 amide bonds. The van der Waals surface area contributed by atoms with E-state index < -0.39 is 5.60 Å². The number of carbonyl (C=O) groups is 1. The van der Waals surface area contributed by atoms with Crippen LogP contribution in [-0.2, 0) is 4.79 Å². The zero-order chi connectivity index (χ0) is 15.7. The van der Waals surface area contributed by atoms with Gasteiger partial charge in [-0.15, -0.1) is 0 Å². The molecule has 0 aromatic heterocycles. The minimum atomic E-state index is -0.941. The normalized spacial score (nSPS) is 11.2. The second kappa shape index (κ2) is 9.18. The van der Waals surface area contributed by atoms with Gasteiger partial charge in [0.2, 0.25) is 0 Å². The fourth-order valence-corrected chi connectivity index (χ4v) is 2.47. The zero-order valence-corrected chi connectivity index (χ0v) is 14.0. The molecule has 21 heavy (non-hydrogen) atoms. The molecule has 0 aliphatic heterocycles. The van der Waals surface area contributed by atoms with Crippen molar-refractivity contribution in [1.29, 1.82) is 0 Å². The lowest BCUT2D eigenvalue weighted by Gasteiger charge is -2.25. The summed E-state index contributed by atoms with van der Waals surface area (Å²) in [5.74, 6) is 2.18. The molecule has 0 fully saturated rings. The van der Waals surface area contributed by atoms with Gasteiger partial charge in [0.1, 0.15) is 5.75 Å². The molecule has 2 N–H and O–H groups in total. The van der Waals surface area contributed by atoms with Crippen molar-refractivity contribution < 1.29 is 14.6 Å². The molecule has 1 rings (SSSR count). The van der Waals surface area contributed by atoms with Gasteiger partial charge in [0, 0.05) is 23.9 Å². The summed E-state index contributed by atoms with van der Waals surface area (Å²) in [7, 11) is 0. The lowest BCUT2D eigenvalue weighted by atomic mass is 10.1. The first-order chi connectivity index (χ1) is 9.95. The Morgan fingerprint density at radius 3 is 2.62 bits per heavy atom. The van der Waals surface area contributed by atoms with E-state index in [4.69, 9.17) is 21.4 Å². The summed E-state index contributed by atoms with van der Waals surface area (Å²) in [6, 6.07) is 6.93. The molecular weight excluding hydrogens is 310 g/mol. The third-order valence-corrected chi connectivity index (χ3v) is 4.03. The van der Waals surface area contributed by atoms with Crippen LogP contribution in [0.2, 0.25) is 5.02 Å². The molecule has 0 saturated heterocycles. The predicted molar refractivity (Wildman–Crippen MR) is 88.2 cm³/mol. The number of hydrogen-bond donors (Lipinski definition) is 2. The maximum atomic E-state index is 12.1. The number of hydrogen-bond acceptors (Lipinski definition) is 4. The topological polar surface area (TPSA) is 58.6 Å². The summed E-state index contributed by atoms with van der Waals surface area (Å²) in [4.78, 5) is 12.1. The first kappa shape index (κ1) is 18.1. The molecule has 0 atom stereocenters. The Hall–Kier alpha value is -0.910. The number of aliphatic hydroxyl groups is 1. The van der Waals surface area contributed by atoms with Gasteiger partial charge in [-0.3, -0.25) is 4.79 Å². The first-order valence-electron chi connectivity index (χ1n) is 6.87. The minimum absolute atomic E-state index is 0.153. The van der Waals surface area contributed by atoms with Crippen molar-refractivity contribution in [2.24, 2.45) is 0 Å². The molecule has 0 saturated carbocycles. The van der Waals surface area contributed by atoms with Gasteiger partial charge in [-0.25, -0.2) is 0 Å².